The third kappa shape index (κ3) is 48.2. The van der Waals surface area contributed by atoms with Crippen molar-refractivity contribution < 1.29 is 42.1 Å². The van der Waals surface area contributed by atoms with Gasteiger partial charge in [0.05, 0.1) is 27.7 Å². The van der Waals surface area contributed by atoms with Crippen LogP contribution in [0.15, 0.2) is 12.2 Å². The number of phosphoric ester groups is 1. The summed E-state index contributed by atoms with van der Waals surface area (Å²) in [5.41, 5.74) is 0. The SMILES string of the molecule is CCCCCCCCCC/C=C\CCCCCCCCCCCCCC(=O)OC(COC(=O)CCCCCCCCCCCCCCCCC)COP(=O)([O-])OCC[N+](C)(C)C. The molecule has 0 aliphatic carbocycles. The van der Waals surface area contributed by atoms with Gasteiger partial charge in [-0.2, -0.15) is 0 Å². The minimum absolute atomic E-state index is 0.0273. The normalized spacial score (nSPS) is 13.5. The average molecular weight is 900 g/mol. The Bertz CT molecular complexity index is 1060. The van der Waals surface area contributed by atoms with Crippen LogP contribution >= 0.6 is 7.82 Å². The maximum absolute atomic E-state index is 12.7. The van der Waals surface area contributed by atoms with Gasteiger partial charge in [0.25, 0.3) is 7.82 Å². The first-order chi connectivity index (χ1) is 30.0. The number of nitrogens with zero attached hydrogens (tertiary/aromatic N) is 1. The van der Waals surface area contributed by atoms with Gasteiger partial charge in [-0.15, -0.1) is 0 Å². The molecule has 0 N–H and O–H groups in total. The molecule has 0 rings (SSSR count). The number of rotatable bonds is 49. The van der Waals surface area contributed by atoms with E-state index in [1.54, 1.807) is 0 Å². The van der Waals surface area contributed by atoms with Crippen molar-refractivity contribution in [2.24, 2.45) is 0 Å². The van der Waals surface area contributed by atoms with E-state index in [2.05, 4.69) is 26.0 Å². The van der Waals surface area contributed by atoms with Crippen LogP contribution in [0.25, 0.3) is 0 Å². The van der Waals surface area contributed by atoms with Crippen molar-refractivity contribution in [3.63, 3.8) is 0 Å². The lowest BCUT2D eigenvalue weighted by atomic mass is 10.0. The fraction of sp³-hybridized carbons (Fsp3) is 0.923. The molecule has 0 fully saturated rings. The van der Waals surface area contributed by atoms with E-state index in [-0.39, 0.29) is 32.0 Å². The van der Waals surface area contributed by atoms with Gasteiger partial charge in [0.1, 0.15) is 19.8 Å². The maximum Gasteiger partial charge on any atom is 0.306 e. The summed E-state index contributed by atoms with van der Waals surface area (Å²) in [5.74, 6) is -0.819. The lowest BCUT2D eigenvalue weighted by Gasteiger charge is -2.28. The van der Waals surface area contributed by atoms with Crippen LogP contribution in [0.4, 0.5) is 0 Å². The van der Waals surface area contributed by atoms with Gasteiger partial charge in [0, 0.05) is 12.8 Å². The van der Waals surface area contributed by atoms with Crippen molar-refractivity contribution >= 4 is 19.8 Å². The van der Waals surface area contributed by atoms with Crippen LogP contribution in [-0.2, 0) is 32.7 Å². The van der Waals surface area contributed by atoms with Crippen LogP contribution in [0, 0.1) is 0 Å². The smallest absolute Gasteiger partial charge is 0.306 e. The van der Waals surface area contributed by atoms with Crippen LogP contribution in [0.5, 0.6) is 0 Å². The van der Waals surface area contributed by atoms with Gasteiger partial charge in [-0.25, -0.2) is 0 Å². The summed E-state index contributed by atoms with van der Waals surface area (Å²) in [6.07, 6.45) is 49.6. The topological polar surface area (TPSA) is 111 Å². The third-order valence-electron chi connectivity index (χ3n) is 11.8. The molecule has 368 valence electrons. The minimum atomic E-state index is -4.62. The summed E-state index contributed by atoms with van der Waals surface area (Å²) in [4.78, 5) is 37.7. The number of carbonyl (C=O) groups excluding carboxylic acids is 2. The summed E-state index contributed by atoms with van der Waals surface area (Å²) in [6.45, 7) is 4.28. The summed E-state index contributed by atoms with van der Waals surface area (Å²) in [5, 5.41) is 0. The van der Waals surface area contributed by atoms with Gasteiger partial charge >= 0.3 is 11.9 Å². The second-order valence-corrected chi connectivity index (χ2v) is 20.7. The Hall–Kier alpha value is -1.25. The van der Waals surface area contributed by atoms with Crippen LogP contribution in [-0.4, -0.2) is 70.0 Å². The number of carbonyl (C=O) groups is 2. The molecule has 2 unspecified atom stereocenters. The van der Waals surface area contributed by atoms with E-state index in [0.717, 1.165) is 38.5 Å². The highest BCUT2D eigenvalue weighted by atomic mass is 31.2. The molecule has 0 amide bonds. The number of esters is 2. The van der Waals surface area contributed by atoms with Crippen molar-refractivity contribution in [3.05, 3.63) is 12.2 Å². The molecule has 0 aliphatic heterocycles. The number of allylic oxidation sites excluding steroid dienone is 2. The zero-order valence-electron chi connectivity index (χ0n) is 41.6. The molecule has 0 saturated heterocycles. The van der Waals surface area contributed by atoms with E-state index in [1.807, 2.05) is 21.1 Å². The molecule has 0 aromatic heterocycles. The summed E-state index contributed by atoms with van der Waals surface area (Å²) < 4.78 is 34.1. The molecule has 0 aliphatic rings. The average Bonchev–Trinajstić information content (AvgIpc) is 3.23. The highest BCUT2D eigenvalue weighted by Crippen LogP contribution is 2.38. The van der Waals surface area contributed by atoms with E-state index in [9.17, 15) is 19.0 Å². The maximum atomic E-state index is 12.7. The van der Waals surface area contributed by atoms with Gasteiger partial charge < -0.3 is 27.9 Å². The van der Waals surface area contributed by atoms with Crippen LogP contribution in [0.1, 0.15) is 258 Å². The molecule has 0 heterocycles. The standard InChI is InChI=1S/C52H102NO8P/c1-6-8-10-12-14-16-18-20-22-23-24-25-26-27-28-29-31-33-35-37-39-41-43-45-52(55)61-50(49-60-62(56,57)59-47-46-53(3,4)5)48-58-51(54)44-42-40-38-36-34-32-30-21-19-17-15-13-11-9-7-2/h23-24,50H,6-22,25-49H2,1-5H3/b24-23-. The van der Waals surface area contributed by atoms with Crippen molar-refractivity contribution in [1.82, 2.24) is 0 Å². The van der Waals surface area contributed by atoms with Gasteiger partial charge in [0.15, 0.2) is 6.10 Å². The Balaban J connectivity index is 4.18. The molecule has 10 heteroatoms. The fourth-order valence-corrected chi connectivity index (χ4v) is 8.38. The highest BCUT2D eigenvalue weighted by molar-refractivity contribution is 7.45. The lowest BCUT2D eigenvalue weighted by molar-refractivity contribution is -0.870. The molecule has 2 atom stereocenters. The number of unbranched alkanes of at least 4 members (excludes halogenated alkanes) is 33. The molecule has 9 nitrogen and oxygen atoms in total. The second-order valence-electron chi connectivity index (χ2n) is 19.2. The van der Waals surface area contributed by atoms with E-state index < -0.39 is 26.5 Å². The Labute approximate surface area is 384 Å². The minimum Gasteiger partial charge on any atom is -0.756 e. The fourth-order valence-electron chi connectivity index (χ4n) is 7.65. The quantitative estimate of drug-likeness (QED) is 0.0195. The molecule has 0 spiro atoms. The first-order valence-electron chi connectivity index (χ1n) is 26.4. The van der Waals surface area contributed by atoms with Crippen molar-refractivity contribution in [2.45, 2.75) is 264 Å². The third-order valence-corrected chi connectivity index (χ3v) is 12.7. The molecular weight excluding hydrogens is 798 g/mol. The van der Waals surface area contributed by atoms with E-state index in [0.29, 0.717) is 17.4 Å². The Morgan fingerprint density at radius 3 is 1.19 bits per heavy atom. The van der Waals surface area contributed by atoms with Crippen LogP contribution in [0.3, 0.4) is 0 Å². The summed E-state index contributed by atoms with van der Waals surface area (Å²) in [7, 11) is 1.18. The zero-order valence-corrected chi connectivity index (χ0v) is 42.5. The van der Waals surface area contributed by atoms with Gasteiger partial charge in [-0.1, -0.05) is 219 Å². The Kier molecular flexibility index (Phi) is 44.0. The Morgan fingerprint density at radius 2 is 0.823 bits per heavy atom. The summed E-state index contributed by atoms with van der Waals surface area (Å²) in [6, 6.07) is 0. The predicted molar refractivity (Wildman–Crippen MR) is 259 cm³/mol. The van der Waals surface area contributed by atoms with E-state index in [1.165, 1.54) is 186 Å². The molecule has 62 heavy (non-hydrogen) atoms. The lowest BCUT2D eigenvalue weighted by Crippen LogP contribution is -2.37. The largest absolute Gasteiger partial charge is 0.756 e. The summed E-state index contributed by atoms with van der Waals surface area (Å²) >= 11 is 0. The first kappa shape index (κ1) is 60.8. The second kappa shape index (κ2) is 44.9. The van der Waals surface area contributed by atoms with Crippen molar-refractivity contribution in [2.75, 3.05) is 47.5 Å². The molecule has 0 radical (unpaired) electrons. The molecule has 0 bridgehead atoms. The van der Waals surface area contributed by atoms with Crippen molar-refractivity contribution in [3.8, 4) is 0 Å². The predicted octanol–water partition coefficient (Wildman–Crippen LogP) is 15.1. The zero-order chi connectivity index (χ0) is 45.7. The highest BCUT2D eigenvalue weighted by Gasteiger charge is 2.21. The number of hydrogen-bond acceptors (Lipinski definition) is 8. The van der Waals surface area contributed by atoms with Gasteiger partial charge in [-0.3, -0.25) is 14.2 Å². The van der Waals surface area contributed by atoms with Crippen LogP contribution in [0.2, 0.25) is 0 Å². The number of likely N-dealkylation sites (N-methyl/N-ethyl adjacent to an activating group) is 1. The van der Waals surface area contributed by atoms with Gasteiger partial charge in [0.2, 0.25) is 0 Å². The number of ether oxygens (including phenoxy) is 2. The Morgan fingerprint density at radius 1 is 0.484 bits per heavy atom. The number of hydrogen-bond donors (Lipinski definition) is 0. The molecule has 0 saturated carbocycles. The first-order valence-corrected chi connectivity index (χ1v) is 27.9. The number of quaternary nitrogens is 1. The number of phosphoric acid groups is 1. The molecule has 0 aromatic rings. The van der Waals surface area contributed by atoms with Crippen molar-refractivity contribution in [1.29, 1.82) is 0 Å². The molecular formula is C52H102NO8P. The van der Waals surface area contributed by atoms with Crippen LogP contribution < -0.4 is 4.89 Å². The monoisotopic (exact) mass is 900 g/mol. The van der Waals surface area contributed by atoms with E-state index >= 15 is 0 Å². The van der Waals surface area contributed by atoms with Gasteiger partial charge in [-0.05, 0) is 38.5 Å². The molecule has 0 aromatic carbocycles. The van der Waals surface area contributed by atoms with E-state index in [4.69, 9.17) is 18.5 Å².